The molecule has 2 nitrogen and oxygen atoms in total. The predicted octanol–water partition coefficient (Wildman–Crippen LogP) is 3.56. The first-order valence-electron chi connectivity index (χ1n) is 7.00. The van der Waals surface area contributed by atoms with Gasteiger partial charge in [-0.1, -0.05) is 54.2 Å². The van der Waals surface area contributed by atoms with Gasteiger partial charge in [-0.3, -0.25) is 0 Å². The highest BCUT2D eigenvalue weighted by Crippen LogP contribution is 2.31. The quantitative estimate of drug-likeness (QED) is 0.673. The molecule has 2 rings (SSSR count). The number of hydrogen-bond acceptors (Lipinski definition) is 1. The number of allylic oxidation sites excluding steroid dienone is 1. The van der Waals surface area contributed by atoms with Crippen molar-refractivity contribution in [2.45, 2.75) is 44.8 Å². The lowest BCUT2D eigenvalue weighted by Gasteiger charge is -2.24. The van der Waals surface area contributed by atoms with Crippen LogP contribution in [0.3, 0.4) is 0 Å². The van der Waals surface area contributed by atoms with Gasteiger partial charge in [0.1, 0.15) is 0 Å². The smallest absolute Gasteiger partial charge is 0.331 e. The van der Waals surface area contributed by atoms with Gasteiger partial charge < -0.3 is 5.11 Å². The van der Waals surface area contributed by atoms with Gasteiger partial charge in [0.05, 0.1) is 8.07 Å². The van der Waals surface area contributed by atoms with Crippen molar-refractivity contribution in [1.29, 1.82) is 0 Å². The first-order valence-corrected chi connectivity index (χ1v) is 10.2. The monoisotopic (exact) mass is 274 g/mol. The molecule has 1 aromatic rings. The van der Waals surface area contributed by atoms with Crippen molar-refractivity contribution in [2.24, 2.45) is 0 Å². The molecule has 0 aromatic heterocycles. The lowest BCUT2D eigenvalue weighted by Crippen LogP contribution is -2.42. The van der Waals surface area contributed by atoms with E-state index in [4.69, 9.17) is 0 Å². The van der Waals surface area contributed by atoms with E-state index < -0.39 is 14.0 Å². The molecule has 102 valence electrons. The summed E-state index contributed by atoms with van der Waals surface area (Å²) in [4.78, 5) is 11.6. The fourth-order valence-electron chi connectivity index (χ4n) is 2.89. The van der Waals surface area contributed by atoms with Crippen LogP contribution < -0.4 is 5.19 Å². The maximum atomic E-state index is 11.6. The van der Waals surface area contributed by atoms with Crippen LogP contribution in [-0.2, 0) is 4.79 Å². The number of carboxylic acid groups (broad SMARTS) is 1. The van der Waals surface area contributed by atoms with Crippen molar-refractivity contribution in [1.82, 2.24) is 0 Å². The molecular weight excluding hydrogens is 252 g/mol. The number of carboxylic acids is 1. The average molecular weight is 274 g/mol. The van der Waals surface area contributed by atoms with E-state index in [1.54, 1.807) is 0 Å². The molecule has 1 saturated carbocycles. The Bertz CT molecular complexity index is 481. The van der Waals surface area contributed by atoms with Crippen LogP contribution >= 0.6 is 0 Å². The number of rotatable bonds is 4. The molecule has 3 heteroatoms. The van der Waals surface area contributed by atoms with Gasteiger partial charge in [-0.25, -0.2) is 4.79 Å². The van der Waals surface area contributed by atoms with E-state index in [1.807, 2.05) is 18.2 Å². The summed E-state index contributed by atoms with van der Waals surface area (Å²) in [5, 5.41) is 10.8. The Balaban J connectivity index is 2.27. The fraction of sp³-hybridized carbons (Fsp3) is 0.438. The number of benzene rings is 1. The Morgan fingerprint density at radius 2 is 1.74 bits per heavy atom. The minimum atomic E-state index is -1.71. The Hall–Kier alpha value is -1.35. The van der Waals surface area contributed by atoms with Crippen LogP contribution in [0.25, 0.3) is 0 Å². The van der Waals surface area contributed by atoms with Crippen molar-refractivity contribution >= 4 is 19.2 Å². The molecule has 0 heterocycles. The Labute approximate surface area is 116 Å². The van der Waals surface area contributed by atoms with Crippen LogP contribution in [0, 0.1) is 0 Å². The van der Waals surface area contributed by atoms with E-state index in [9.17, 15) is 9.90 Å². The first-order chi connectivity index (χ1) is 9.00. The molecule has 1 aliphatic rings. The van der Waals surface area contributed by atoms with Crippen molar-refractivity contribution in [3.63, 3.8) is 0 Å². The van der Waals surface area contributed by atoms with E-state index in [0.717, 1.165) is 31.7 Å². The highest BCUT2D eigenvalue weighted by Gasteiger charge is 2.29. The molecule has 0 saturated heterocycles. The number of hydrogen-bond donors (Lipinski definition) is 1. The zero-order valence-electron chi connectivity index (χ0n) is 11.8. The molecule has 1 fully saturated rings. The minimum absolute atomic E-state index is 0.701. The van der Waals surface area contributed by atoms with Gasteiger partial charge in [-0.05, 0) is 31.7 Å². The largest absolute Gasteiger partial charge is 0.478 e. The van der Waals surface area contributed by atoms with Gasteiger partial charge in [0.25, 0.3) is 0 Å². The molecule has 0 spiro atoms. The lowest BCUT2D eigenvalue weighted by molar-refractivity contribution is -0.132. The lowest BCUT2D eigenvalue weighted by atomic mass is 10.1. The van der Waals surface area contributed by atoms with Crippen LogP contribution in [0.2, 0.25) is 19.1 Å². The Kier molecular flexibility index (Phi) is 4.25. The van der Waals surface area contributed by atoms with E-state index in [1.165, 1.54) is 10.8 Å². The molecular formula is C16H22O2Si. The molecule has 1 aromatic carbocycles. The minimum Gasteiger partial charge on any atom is -0.478 e. The van der Waals surface area contributed by atoms with Crippen LogP contribution in [0.15, 0.2) is 41.5 Å². The Morgan fingerprint density at radius 3 is 2.26 bits per heavy atom. The van der Waals surface area contributed by atoms with Gasteiger partial charge in [0, 0.05) is 5.57 Å². The SMILES string of the molecule is C[Si](C)(CC(C(=O)O)=C1CCCC1)c1ccccc1. The first kappa shape index (κ1) is 14.1. The zero-order valence-corrected chi connectivity index (χ0v) is 12.8. The van der Waals surface area contributed by atoms with Crippen molar-refractivity contribution in [3.05, 3.63) is 41.5 Å². The summed E-state index contributed by atoms with van der Waals surface area (Å²) >= 11 is 0. The number of carbonyl (C=O) groups is 1. The molecule has 0 unspecified atom stereocenters. The molecule has 0 atom stereocenters. The van der Waals surface area contributed by atoms with Gasteiger partial charge >= 0.3 is 5.97 Å². The van der Waals surface area contributed by atoms with E-state index in [0.29, 0.717) is 5.57 Å². The fourth-order valence-corrected chi connectivity index (χ4v) is 5.47. The second-order valence-electron chi connectivity index (χ2n) is 6.02. The second kappa shape index (κ2) is 5.74. The summed E-state index contributed by atoms with van der Waals surface area (Å²) in [5.74, 6) is -0.701. The van der Waals surface area contributed by atoms with Crippen LogP contribution in [0.1, 0.15) is 25.7 Å². The highest BCUT2D eigenvalue weighted by molar-refractivity contribution is 6.90. The van der Waals surface area contributed by atoms with Crippen LogP contribution in [0.4, 0.5) is 0 Å². The van der Waals surface area contributed by atoms with Gasteiger partial charge in [-0.2, -0.15) is 0 Å². The predicted molar refractivity (Wildman–Crippen MR) is 81.5 cm³/mol. The topological polar surface area (TPSA) is 37.3 Å². The summed E-state index contributed by atoms with van der Waals surface area (Å²) in [7, 11) is -1.71. The molecule has 19 heavy (non-hydrogen) atoms. The Morgan fingerprint density at radius 1 is 1.16 bits per heavy atom. The van der Waals surface area contributed by atoms with Gasteiger partial charge in [0.15, 0.2) is 0 Å². The van der Waals surface area contributed by atoms with Crippen LogP contribution in [0.5, 0.6) is 0 Å². The third-order valence-electron chi connectivity index (χ3n) is 4.07. The molecule has 0 aliphatic heterocycles. The molecule has 1 N–H and O–H groups in total. The van der Waals surface area contributed by atoms with Gasteiger partial charge in [0.2, 0.25) is 0 Å². The standard InChI is InChI=1S/C16H22O2Si/c1-19(2,14-10-4-3-5-11-14)12-15(16(17)18)13-8-6-7-9-13/h3-5,10-11H,6-9,12H2,1-2H3,(H,17,18). The molecule has 0 radical (unpaired) electrons. The van der Waals surface area contributed by atoms with Crippen molar-refractivity contribution in [3.8, 4) is 0 Å². The van der Waals surface area contributed by atoms with Crippen LogP contribution in [-0.4, -0.2) is 19.1 Å². The van der Waals surface area contributed by atoms with E-state index in [-0.39, 0.29) is 0 Å². The maximum Gasteiger partial charge on any atom is 0.331 e. The summed E-state index contributed by atoms with van der Waals surface area (Å²) in [6.45, 7) is 4.53. The molecule has 0 bridgehead atoms. The molecule has 1 aliphatic carbocycles. The summed E-state index contributed by atoms with van der Waals surface area (Å²) in [6, 6.07) is 11.2. The third-order valence-corrected chi connectivity index (χ3v) is 7.20. The van der Waals surface area contributed by atoms with E-state index >= 15 is 0 Å². The summed E-state index contributed by atoms with van der Waals surface area (Å²) in [6.07, 6.45) is 4.28. The zero-order chi connectivity index (χ0) is 13.9. The van der Waals surface area contributed by atoms with Crippen molar-refractivity contribution in [2.75, 3.05) is 0 Å². The number of aliphatic carboxylic acids is 1. The maximum absolute atomic E-state index is 11.6. The normalized spacial score (nSPS) is 15.6. The highest BCUT2D eigenvalue weighted by atomic mass is 28.3. The van der Waals surface area contributed by atoms with Gasteiger partial charge in [-0.15, -0.1) is 0 Å². The average Bonchev–Trinajstić information content (AvgIpc) is 2.90. The summed E-state index contributed by atoms with van der Waals surface area (Å²) in [5.41, 5.74) is 1.90. The second-order valence-corrected chi connectivity index (χ2v) is 10.7. The summed E-state index contributed by atoms with van der Waals surface area (Å²) < 4.78 is 0. The van der Waals surface area contributed by atoms with Crippen molar-refractivity contribution < 1.29 is 9.90 Å². The molecule has 0 amide bonds. The third kappa shape index (κ3) is 3.35. The van der Waals surface area contributed by atoms with E-state index in [2.05, 4.69) is 25.2 Å².